The molecule has 4 N–H and O–H groups in total. The van der Waals surface area contributed by atoms with E-state index in [4.69, 9.17) is 20.0 Å². The van der Waals surface area contributed by atoms with Crippen molar-refractivity contribution < 1.29 is 20.4 Å². The van der Waals surface area contributed by atoms with Crippen molar-refractivity contribution >= 4 is 45.1 Å². The minimum Gasteiger partial charge on any atom is -0.508 e. The standard InChI is InChI=1S/C44H28N4O4/c49-29-9-1-25(2-10-29)41-33-17-19-35(45-33)42(26-3-11-30(50)12-4-26)37-21-23-39(47-37)44(28-7-15-32(52)16-8-28)40-24-22-38(48-40)43(36-20-18-34(41)46-36)27-5-13-31(51)14-6-27/h1-24,49-52H. The van der Waals surface area contributed by atoms with Gasteiger partial charge in [0.2, 0.25) is 0 Å². The SMILES string of the molecule is Oc1ccc(C2=C3C=CC(=N3)C(c3ccc(O)cc3)=C3C=CC(=N3)C(c3ccc(O)cc3)=C3C=CC(=N3)C(c3ccc(O)cc3)=C3C=CC2=N3)cc1. The molecule has 0 amide bonds. The summed E-state index contributed by atoms with van der Waals surface area (Å²) >= 11 is 0. The predicted octanol–water partition coefficient (Wildman–Crippen LogP) is 8.51. The number of allylic oxidation sites excluding steroid dienone is 12. The van der Waals surface area contributed by atoms with Crippen molar-refractivity contribution in [3.05, 3.63) is 191 Å². The summed E-state index contributed by atoms with van der Waals surface area (Å²) in [7, 11) is 0. The van der Waals surface area contributed by atoms with Crippen LogP contribution < -0.4 is 0 Å². The van der Waals surface area contributed by atoms with E-state index in [1.165, 1.54) is 0 Å². The highest BCUT2D eigenvalue weighted by Gasteiger charge is 2.27. The van der Waals surface area contributed by atoms with Crippen LogP contribution in [0.4, 0.5) is 0 Å². The summed E-state index contributed by atoms with van der Waals surface area (Å²) in [6.45, 7) is 0. The van der Waals surface area contributed by atoms with E-state index in [0.29, 0.717) is 45.6 Å². The number of nitrogens with zero attached hydrogens (tertiary/aromatic N) is 4. The van der Waals surface area contributed by atoms with Crippen molar-refractivity contribution in [2.24, 2.45) is 20.0 Å². The summed E-state index contributed by atoms with van der Waals surface area (Å²) in [6.07, 6.45) is 15.6. The van der Waals surface area contributed by atoms with Crippen LogP contribution in [0.2, 0.25) is 0 Å². The maximum absolute atomic E-state index is 10.2. The summed E-state index contributed by atoms with van der Waals surface area (Å²) < 4.78 is 0. The van der Waals surface area contributed by atoms with Crippen LogP contribution in [0.5, 0.6) is 23.0 Å². The van der Waals surface area contributed by atoms with Gasteiger partial charge in [-0.05, 0) is 119 Å². The molecule has 4 aromatic carbocycles. The largest absolute Gasteiger partial charge is 0.508 e. The Hall–Kier alpha value is -7.32. The van der Waals surface area contributed by atoms with Crippen molar-refractivity contribution in [3.8, 4) is 23.0 Å². The first-order chi connectivity index (χ1) is 25.4. The summed E-state index contributed by atoms with van der Waals surface area (Å²) in [5, 5.41) is 40.6. The lowest BCUT2D eigenvalue weighted by Crippen LogP contribution is -2.03. The highest BCUT2D eigenvalue weighted by Crippen LogP contribution is 2.39. The summed E-state index contributed by atoms with van der Waals surface area (Å²) in [4.78, 5) is 20.8. The van der Waals surface area contributed by atoms with Crippen LogP contribution in [0.25, 0.3) is 22.3 Å². The maximum atomic E-state index is 10.2. The van der Waals surface area contributed by atoms with E-state index < -0.39 is 0 Å². The second kappa shape index (κ2) is 12.2. The Balaban J connectivity index is 1.36. The number of aliphatic imine (C=N–C) groups is 4. The van der Waals surface area contributed by atoms with Crippen molar-refractivity contribution in [2.45, 2.75) is 0 Å². The number of hydrogen-bond acceptors (Lipinski definition) is 8. The zero-order valence-corrected chi connectivity index (χ0v) is 27.4. The third-order valence-electron chi connectivity index (χ3n) is 9.23. The molecule has 5 aliphatic heterocycles. The lowest BCUT2D eigenvalue weighted by molar-refractivity contribution is 0.474. The fourth-order valence-corrected chi connectivity index (χ4v) is 6.78. The van der Waals surface area contributed by atoms with E-state index in [-0.39, 0.29) is 23.0 Å². The molecule has 0 unspecified atom stereocenters. The second-order valence-electron chi connectivity index (χ2n) is 12.5. The summed E-state index contributed by atoms with van der Waals surface area (Å²) in [5.41, 5.74) is 11.8. The van der Waals surface area contributed by atoms with Crippen LogP contribution >= 0.6 is 0 Å². The fourth-order valence-electron chi connectivity index (χ4n) is 6.78. The van der Waals surface area contributed by atoms with Gasteiger partial charge in [-0.2, -0.15) is 0 Å². The zero-order chi connectivity index (χ0) is 35.3. The van der Waals surface area contributed by atoms with Crippen LogP contribution in [-0.4, -0.2) is 43.3 Å². The van der Waals surface area contributed by atoms with Gasteiger partial charge >= 0.3 is 0 Å². The van der Waals surface area contributed by atoms with Gasteiger partial charge in [-0.15, -0.1) is 0 Å². The molecule has 0 aliphatic carbocycles. The van der Waals surface area contributed by atoms with E-state index in [9.17, 15) is 20.4 Å². The molecule has 5 heterocycles. The average Bonchev–Trinajstić information content (AvgIpc) is 3.99. The van der Waals surface area contributed by atoms with Gasteiger partial charge in [-0.1, -0.05) is 48.5 Å². The number of phenolic OH excluding ortho intramolecular Hbond substituents is 4. The Morgan fingerprint density at radius 1 is 0.250 bits per heavy atom. The smallest absolute Gasteiger partial charge is 0.115 e. The maximum Gasteiger partial charge on any atom is 0.115 e. The number of rotatable bonds is 4. The first kappa shape index (κ1) is 30.7. The zero-order valence-electron chi connectivity index (χ0n) is 27.4. The quantitative estimate of drug-likeness (QED) is 0.173. The Bertz CT molecular complexity index is 2220. The van der Waals surface area contributed by atoms with E-state index >= 15 is 0 Å². The van der Waals surface area contributed by atoms with Gasteiger partial charge in [0, 0.05) is 22.3 Å². The normalized spacial score (nSPS) is 17.4. The van der Waals surface area contributed by atoms with E-state index in [1.807, 2.05) is 97.1 Å². The summed E-state index contributed by atoms with van der Waals surface area (Å²) in [5.74, 6) is 0.594. The molecule has 8 nitrogen and oxygen atoms in total. The van der Waals surface area contributed by atoms with Crippen LogP contribution in [-0.2, 0) is 0 Å². The molecule has 8 heteroatoms. The molecule has 8 bridgehead atoms. The first-order valence-corrected chi connectivity index (χ1v) is 16.6. The number of aromatic hydroxyl groups is 4. The molecule has 0 saturated heterocycles. The minimum atomic E-state index is 0.149. The van der Waals surface area contributed by atoms with Gasteiger partial charge in [0.1, 0.15) is 23.0 Å². The lowest BCUT2D eigenvalue weighted by Gasteiger charge is -2.13. The lowest BCUT2D eigenvalue weighted by atomic mass is 9.98. The topological polar surface area (TPSA) is 130 Å². The summed E-state index contributed by atoms with van der Waals surface area (Å²) in [6, 6.07) is 27.9. The molecule has 52 heavy (non-hydrogen) atoms. The number of hydrogen-bond donors (Lipinski definition) is 4. The van der Waals surface area contributed by atoms with Crippen molar-refractivity contribution in [1.29, 1.82) is 0 Å². The van der Waals surface area contributed by atoms with Gasteiger partial charge < -0.3 is 20.4 Å². The molecule has 9 rings (SSSR count). The third kappa shape index (κ3) is 5.45. The molecular formula is C44H28N4O4. The molecule has 0 spiro atoms. The Kier molecular flexibility index (Phi) is 7.22. The van der Waals surface area contributed by atoms with Crippen LogP contribution in [0, 0.1) is 0 Å². The minimum absolute atomic E-state index is 0.149. The molecule has 0 fully saturated rings. The van der Waals surface area contributed by atoms with E-state index in [0.717, 1.165) is 44.5 Å². The number of fused-ring (bicyclic) bond motifs is 4. The Morgan fingerprint density at radius 2 is 0.442 bits per heavy atom. The van der Waals surface area contributed by atoms with Gasteiger partial charge in [0.25, 0.3) is 0 Å². The molecule has 0 atom stereocenters. The van der Waals surface area contributed by atoms with E-state index in [2.05, 4.69) is 0 Å². The fraction of sp³-hybridized carbons (Fsp3) is 0. The Morgan fingerprint density at radius 3 is 0.635 bits per heavy atom. The molecular weight excluding hydrogens is 649 g/mol. The number of phenols is 4. The van der Waals surface area contributed by atoms with Crippen molar-refractivity contribution in [2.75, 3.05) is 0 Å². The van der Waals surface area contributed by atoms with Crippen LogP contribution in [0.1, 0.15) is 22.3 Å². The van der Waals surface area contributed by atoms with Crippen molar-refractivity contribution in [3.63, 3.8) is 0 Å². The molecule has 248 valence electrons. The average molecular weight is 677 g/mol. The molecule has 5 aliphatic rings. The van der Waals surface area contributed by atoms with E-state index in [1.54, 1.807) is 48.5 Å². The second-order valence-corrected chi connectivity index (χ2v) is 12.5. The molecule has 0 radical (unpaired) electrons. The monoisotopic (exact) mass is 676 g/mol. The highest BCUT2D eigenvalue weighted by molar-refractivity contribution is 6.39. The molecule has 0 aromatic heterocycles. The first-order valence-electron chi connectivity index (χ1n) is 16.6. The third-order valence-corrected chi connectivity index (χ3v) is 9.23. The van der Waals surface area contributed by atoms with Gasteiger partial charge in [-0.25, -0.2) is 20.0 Å². The van der Waals surface area contributed by atoms with Gasteiger partial charge in [-0.3, -0.25) is 0 Å². The molecule has 0 saturated carbocycles. The van der Waals surface area contributed by atoms with Crippen LogP contribution in [0.3, 0.4) is 0 Å². The predicted molar refractivity (Wildman–Crippen MR) is 206 cm³/mol. The molecule has 4 aromatic rings. The van der Waals surface area contributed by atoms with Gasteiger partial charge in [0.05, 0.1) is 45.6 Å². The van der Waals surface area contributed by atoms with Gasteiger partial charge in [0.15, 0.2) is 0 Å². The van der Waals surface area contributed by atoms with Crippen LogP contribution in [0.15, 0.2) is 188 Å². The number of benzene rings is 4. The highest BCUT2D eigenvalue weighted by atomic mass is 16.3. The van der Waals surface area contributed by atoms with Crippen molar-refractivity contribution in [1.82, 2.24) is 0 Å². The Labute approximate surface area is 298 Å².